The Morgan fingerprint density at radius 3 is 2.24 bits per heavy atom. The molecule has 2 unspecified atom stereocenters. The normalized spacial score (nSPS) is 14.8. The predicted octanol–water partition coefficient (Wildman–Crippen LogP) is 4.14. The van der Waals surface area contributed by atoms with E-state index in [9.17, 15) is 0 Å². The Morgan fingerprint density at radius 1 is 0.941 bits per heavy atom. The molecule has 17 heavy (non-hydrogen) atoms. The molecular formula is C15H33NO. The van der Waals surface area contributed by atoms with Crippen molar-refractivity contribution in [3.05, 3.63) is 0 Å². The molecule has 0 aliphatic heterocycles. The van der Waals surface area contributed by atoms with E-state index in [0.29, 0.717) is 12.1 Å². The van der Waals surface area contributed by atoms with Crippen LogP contribution in [-0.4, -0.2) is 25.3 Å². The highest BCUT2D eigenvalue weighted by Crippen LogP contribution is 2.13. The Bertz CT molecular complexity index is 150. The molecule has 1 N–H and O–H groups in total. The van der Waals surface area contributed by atoms with Gasteiger partial charge in [-0.05, 0) is 32.7 Å². The Hall–Kier alpha value is -0.0800. The molecule has 0 heterocycles. The SMILES string of the molecule is CCCCCCC(NCCC)C(CC)OCC. The van der Waals surface area contributed by atoms with Crippen LogP contribution in [0.1, 0.15) is 72.6 Å². The maximum absolute atomic E-state index is 5.84. The Morgan fingerprint density at radius 2 is 1.71 bits per heavy atom. The van der Waals surface area contributed by atoms with Gasteiger partial charge >= 0.3 is 0 Å². The minimum Gasteiger partial charge on any atom is -0.377 e. The third-order valence-corrected chi connectivity index (χ3v) is 3.26. The van der Waals surface area contributed by atoms with Crippen LogP contribution in [0.4, 0.5) is 0 Å². The van der Waals surface area contributed by atoms with Crippen LogP contribution in [0.2, 0.25) is 0 Å². The van der Waals surface area contributed by atoms with Gasteiger partial charge in [0.05, 0.1) is 6.10 Å². The standard InChI is InChI=1S/C15H33NO/c1-5-9-10-11-12-14(16-13-6-2)15(7-3)17-8-4/h14-16H,5-13H2,1-4H3. The first-order valence-electron chi connectivity index (χ1n) is 7.64. The molecule has 0 bridgehead atoms. The van der Waals surface area contributed by atoms with Gasteiger partial charge in [0, 0.05) is 12.6 Å². The van der Waals surface area contributed by atoms with Gasteiger partial charge in [0.25, 0.3) is 0 Å². The quantitative estimate of drug-likeness (QED) is 0.520. The van der Waals surface area contributed by atoms with Crippen LogP contribution < -0.4 is 5.32 Å². The molecule has 0 spiro atoms. The molecule has 2 heteroatoms. The number of nitrogens with one attached hydrogen (secondary N) is 1. The Balaban J connectivity index is 4.00. The van der Waals surface area contributed by atoms with Crippen LogP contribution >= 0.6 is 0 Å². The van der Waals surface area contributed by atoms with Crippen LogP contribution in [0.5, 0.6) is 0 Å². The summed E-state index contributed by atoms with van der Waals surface area (Å²) >= 11 is 0. The average Bonchev–Trinajstić information content (AvgIpc) is 2.35. The minimum absolute atomic E-state index is 0.396. The summed E-state index contributed by atoms with van der Waals surface area (Å²) in [5.74, 6) is 0. The van der Waals surface area contributed by atoms with Crippen LogP contribution in [0.15, 0.2) is 0 Å². The van der Waals surface area contributed by atoms with Crippen LogP contribution in [0, 0.1) is 0 Å². The first kappa shape index (κ1) is 16.9. The number of ether oxygens (including phenoxy) is 1. The zero-order chi connectivity index (χ0) is 12.9. The smallest absolute Gasteiger partial charge is 0.0725 e. The van der Waals surface area contributed by atoms with Gasteiger partial charge in [-0.3, -0.25) is 0 Å². The van der Waals surface area contributed by atoms with E-state index in [-0.39, 0.29) is 0 Å². The van der Waals surface area contributed by atoms with Crippen LogP contribution in [-0.2, 0) is 4.74 Å². The number of rotatable bonds is 12. The van der Waals surface area contributed by atoms with E-state index in [0.717, 1.165) is 19.6 Å². The summed E-state index contributed by atoms with van der Waals surface area (Å²) in [6, 6.07) is 0.553. The predicted molar refractivity (Wildman–Crippen MR) is 76.5 cm³/mol. The lowest BCUT2D eigenvalue weighted by molar-refractivity contribution is 0.0290. The van der Waals surface area contributed by atoms with Crippen LogP contribution in [0.25, 0.3) is 0 Å². The third-order valence-electron chi connectivity index (χ3n) is 3.26. The molecule has 0 aromatic heterocycles. The summed E-state index contributed by atoms with van der Waals surface area (Å²) in [6.45, 7) is 10.8. The molecule has 0 fully saturated rings. The van der Waals surface area contributed by atoms with Gasteiger partial charge in [0.15, 0.2) is 0 Å². The third kappa shape index (κ3) is 8.62. The van der Waals surface area contributed by atoms with E-state index >= 15 is 0 Å². The summed E-state index contributed by atoms with van der Waals surface area (Å²) in [7, 11) is 0. The van der Waals surface area contributed by atoms with Crippen molar-refractivity contribution in [2.75, 3.05) is 13.2 Å². The van der Waals surface area contributed by atoms with Gasteiger partial charge in [0.1, 0.15) is 0 Å². The lowest BCUT2D eigenvalue weighted by Gasteiger charge is -2.27. The van der Waals surface area contributed by atoms with Crippen molar-refractivity contribution in [2.45, 2.75) is 84.8 Å². The van der Waals surface area contributed by atoms with Gasteiger partial charge in [-0.25, -0.2) is 0 Å². The molecule has 0 saturated carbocycles. The van der Waals surface area contributed by atoms with E-state index in [1.54, 1.807) is 0 Å². The summed E-state index contributed by atoms with van der Waals surface area (Å²) in [6.07, 6.45) is 9.35. The van der Waals surface area contributed by atoms with Crippen molar-refractivity contribution in [2.24, 2.45) is 0 Å². The largest absolute Gasteiger partial charge is 0.377 e. The summed E-state index contributed by atoms with van der Waals surface area (Å²) in [5, 5.41) is 3.66. The number of unbranched alkanes of at least 4 members (excludes halogenated alkanes) is 3. The molecule has 0 aromatic carbocycles. The highest BCUT2D eigenvalue weighted by atomic mass is 16.5. The van der Waals surface area contributed by atoms with E-state index < -0.39 is 0 Å². The van der Waals surface area contributed by atoms with Crippen molar-refractivity contribution in [1.29, 1.82) is 0 Å². The zero-order valence-electron chi connectivity index (χ0n) is 12.4. The van der Waals surface area contributed by atoms with Crippen molar-refractivity contribution in [1.82, 2.24) is 5.32 Å². The summed E-state index contributed by atoms with van der Waals surface area (Å²) < 4.78 is 5.84. The first-order chi connectivity index (χ1) is 8.29. The Labute approximate surface area is 109 Å². The Kier molecular flexibility index (Phi) is 12.3. The second kappa shape index (κ2) is 12.4. The maximum Gasteiger partial charge on any atom is 0.0725 e. The minimum atomic E-state index is 0.396. The number of hydrogen-bond donors (Lipinski definition) is 1. The molecule has 0 aromatic rings. The van der Waals surface area contributed by atoms with Crippen molar-refractivity contribution in [3.63, 3.8) is 0 Å². The maximum atomic E-state index is 5.84. The van der Waals surface area contributed by atoms with Crippen LogP contribution in [0.3, 0.4) is 0 Å². The molecule has 0 amide bonds. The topological polar surface area (TPSA) is 21.3 Å². The van der Waals surface area contributed by atoms with E-state index in [1.165, 1.54) is 38.5 Å². The van der Waals surface area contributed by atoms with Gasteiger partial charge in [-0.2, -0.15) is 0 Å². The molecule has 104 valence electrons. The fourth-order valence-corrected chi connectivity index (χ4v) is 2.27. The van der Waals surface area contributed by atoms with E-state index in [2.05, 4.69) is 33.0 Å². The summed E-state index contributed by atoms with van der Waals surface area (Å²) in [5.41, 5.74) is 0. The monoisotopic (exact) mass is 243 g/mol. The first-order valence-corrected chi connectivity index (χ1v) is 7.64. The lowest BCUT2D eigenvalue weighted by Crippen LogP contribution is -2.41. The van der Waals surface area contributed by atoms with Gasteiger partial charge in [0.2, 0.25) is 0 Å². The average molecular weight is 243 g/mol. The second-order valence-electron chi connectivity index (χ2n) is 4.81. The molecule has 2 nitrogen and oxygen atoms in total. The highest BCUT2D eigenvalue weighted by molar-refractivity contribution is 4.76. The lowest BCUT2D eigenvalue weighted by atomic mass is 10.0. The fourth-order valence-electron chi connectivity index (χ4n) is 2.27. The van der Waals surface area contributed by atoms with Gasteiger partial charge < -0.3 is 10.1 Å². The highest BCUT2D eigenvalue weighted by Gasteiger charge is 2.18. The second-order valence-corrected chi connectivity index (χ2v) is 4.81. The molecule has 2 atom stereocenters. The van der Waals surface area contributed by atoms with Gasteiger partial charge in [-0.1, -0.05) is 46.5 Å². The van der Waals surface area contributed by atoms with E-state index in [4.69, 9.17) is 4.74 Å². The molecular weight excluding hydrogens is 210 g/mol. The molecule has 0 radical (unpaired) electrons. The van der Waals surface area contributed by atoms with Crippen molar-refractivity contribution < 1.29 is 4.74 Å². The van der Waals surface area contributed by atoms with Crippen molar-refractivity contribution in [3.8, 4) is 0 Å². The van der Waals surface area contributed by atoms with E-state index in [1.807, 2.05) is 0 Å². The zero-order valence-corrected chi connectivity index (χ0v) is 12.4. The van der Waals surface area contributed by atoms with Crippen molar-refractivity contribution >= 4 is 0 Å². The fraction of sp³-hybridized carbons (Fsp3) is 1.00. The summed E-state index contributed by atoms with van der Waals surface area (Å²) in [4.78, 5) is 0. The molecule has 0 saturated heterocycles. The van der Waals surface area contributed by atoms with Gasteiger partial charge in [-0.15, -0.1) is 0 Å². The molecule has 0 rings (SSSR count). The molecule has 0 aliphatic carbocycles. The number of hydrogen-bond acceptors (Lipinski definition) is 2. The molecule has 0 aliphatic rings.